The van der Waals surface area contributed by atoms with E-state index in [-0.39, 0.29) is 0 Å². The van der Waals surface area contributed by atoms with Crippen molar-refractivity contribution >= 4 is 0 Å². The molecule has 1 aromatic rings. The molecule has 1 aliphatic carbocycles. The average molecular weight is 237 g/mol. The smallest absolute Gasteiger partial charge is 0.130 e. The first kappa shape index (κ1) is 12.7. The van der Waals surface area contributed by atoms with Gasteiger partial charge in [-0.05, 0) is 25.8 Å². The van der Waals surface area contributed by atoms with Crippen molar-refractivity contribution in [2.45, 2.75) is 64.7 Å². The first-order valence-corrected chi connectivity index (χ1v) is 6.69. The molecule has 1 aromatic heterocycles. The molecule has 0 unspecified atom stereocenters. The summed E-state index contributed by atoms with van der Waals surface area (Å²) in [6, 6.07) is 2.02. The van der Waals surface area contributed by atoms with Gasteiger partial charge in [0, 0.05) is 12.1 Å². The monoisotopic (exact) mass is 237 g/mol. The van der Waals surface area contributed by atoms with E-state index in [0.29, 0.717) is 19.3 Å². The van der Waals surface area contributed by atoms with Crippen LogP contribution in [-0.4, -0.2) is 6.10 Å². The van der Waals surface area contributed by atoms with E-state index in [4.69, 9.17) is 14.9 Å². The van der Waals surface area contributed by atoms with Crippen molar-refractivity contribution in [3.05, 3.63) is 23.2 Å². The minimum absolute atomic E-state index is 0.421. The summed E-state index contributed by atoms with van der Waals surface area (Å²) in [5.41, 5.74) is 6.71. The molecule has 1 heterocycles. The van der Waals surface area contributed by atoms with Crippen molar-refractivity contribution in [2.75, 3.05) is 0 Å². The van der Waals surface area contributed by atoms with Crippen molar-refractivity contribution < 1.29 is 9.15 Å². The molecule has 0 radical (unpaired) electrons. The molecule has 0 atom stereocenters. The Balaban J connectivity index is 1.83. The predicted octanol–water partition coefficient (Wildman–Crippen LogP) is 3.29. The fourth-order valence-corrected chi connectivity index (χ4v) is 2.47. The van der Waals surface area contributed by atoms with E-state index >= 15 is 0 Å². The standard InChI is InChI=1S/C14H23NO2/c1-11-12(9-15)8-14(17-11)10-16-13-6-4-2-3-5-7-13/h8,13H,2-7,9-10,15H2,1H3. The van der Waals surface area contributed by atoms with Gasteiger partial charge in [0.15, 0.2) is 0 Å². The van der Waals surface area contributed by atoms with Gasteiger partial charge in [0.2, 0.25) is 0 Å². The van der Waals surface area contributed by atoms with Gasteiger partial charge in [0.25, 0.3) is 0 Å². The summed E-state index contributed by atoms with van der Waals surface area (Å²) in [6.45, 7) is 3.08. The lowest BCUT2D eigenvalue weighted by Gasteiger charge is -2.13. The zero-order valence-electron chi connectivity index (χ0n) is 10.7. The van der Waals surface area contributed by atoms with Crippen molar-refractivity contribution in [2.24, 2.45) is 5.73 Å². The Bertz CT molecular complexity index is 338. The molecule has 3 nitrogen and oxygen atoms in total. The lowest BCUT2D eigenvalue weighted by Crippen LogP contribution is -2.11. The third-order valence-electron chi connectivity index (χ3n) is 3.56. The summed E-state index contributed by atoms with van der Waals surface area (Å²) in [5.74, 6) is 1.83. The van der Waals surface area contributed by atoms with Gasteiger partial charge >= 0.3 is 0 Å². The second-order valence-electron chi connectivity index (χ2n) is 4.92. The Morgan fingerprint density at radius 1 is 1.29 bits per heavy atom. The van der Waals surface area contributed by atoms with Gasteiger partial charge in [0.1, 0.15) is 18.1 Å². The molecule has 0 spiro atoms. The zero-order valence-corrected chi connectivity index (χ0v) is 10.7. The van der Waals surface area contributed by atoms with E-state index < -0.39 is 0 Å². The lowest BCUT2D eigenvalue weighted by atomic mass is 10.1. The summed E-state index contributed by atoms with van der Waals surface area (Å²) >= 11 is 0. The highest BCUT2D eigenvalue weighted by atomic mass is 16.5. The lowest BCUT2D eigenvalue weighted by molar-refractivity contribution is 0.0216. The molecule has 1 aliphatic rings. The quantitative estimate of drug-likeness (QED) is 0.817. The molecule has 0 aromatic carbocycles. The molecule has 0 aliphatic heterocycles. The third-order valence-corrected chi connectivity index (χ3v) is 3.56. The average Bonchev–Trinajstić information content (AvgIpc) is 2.55. The van der Waals surface area contributed by atoms with Crippen LogP contribution >= 0.6 is 0 Å². The van der Waals surface area contributed by atoms with E-state index in [1.807, 2.05) is 13.0 Å². The van der Waals surface area contributed by atoms with Crippen molar-refractivity contribution in [1.82, 2.24) is 0 Å². The van der Waals surface area contributed by atoms with Crippen molar-refractivity contribution in [3.63, 3.8) is 0 Å². The minimum Gasteiger partial charge on any atom is -0.464 e. The summed E-state index contributed by atoms with van der Waals surface area (Å²) in [6.07, 6.45) is 8.14. The Labute approximate surface area is 103 Å². The number of hydrogen-bond donors (Lipinski definition) is 1. The molecular weight excluding hydrogens is 214 g/mol. The van der Waals surface area contributed by atoms with Gasteiger partial charge in [-0.2, -0.15) is 0 Å². The molecule has 17 heavy (non-hydrogen) atoms. The second-order valence-corrected chi connectivity index (χ2v) is 4.92. The van der Waals surface area contributed by atoms with Crippen LogP contribution in [0.3, 0.4) is 0 Å². The molecule has 96 valence electrons. The normalized spacial score (nSPS) is 18.2. The van der Waals surface area contributed by atoms with Gasteiger partial charge in [-0.25, -0.2) is 0 Å². The van der Waals surface area contributed by atoms with Crippen LogP contribution in [0.5, 0.6) is 0 Å². The molecule has 0 amide bonds. The molecule has 0 bridgehead atoms. The highest BCUT2D eigenvalue weighted by molar-refractivity contribution is 5.19. The summed E-state index contributed by atoms with van der Waals surface area (Å²) < 4.78 is 11.6. The Hall–Kier alpha value is -0.800. The number of ether oxygens (including phenoxy) is 1. The van der Waals surface area contributed by atoms with Crippen LogP contribution in [-0.2, 0) is 17.9 Å². The Kier molecular flexibility index (Phi) is 4.63. The largest absolute Gasteiger partial charge is 0.464 e. The van der Waals surface area contributed by atoms with Crippen LogP contribution in [0.4, 0.5) is 0 Å². The zero-order chi connectivity index (χ0) is 12.1. The Morgan fingerprint density at radius 3 is 2.59 bits per heavy atom. The van der Waals surface area contributed by atoms with E-state index in [0.717, 1.165) is 17.1 Å². The van der Waals surface area contributed by atoms with Crippen LogP contribution in [0.15, 0.2) is 10.5 Å². The van der Waals surface area contributed by atoms with Crippen LogP contribution in [0.1, 0.15) is 55.6 Å². The van der Waals surface area contributed by atoms with Crippen LogP contribution in [0.25, 0.3) is 0 Å². The summed E-state index contributed by atoms with van der Waals surface area (Å²) in [4.78, 5) is 0. The number of furan rings is 1. The molecule has 0 saturated heterocycles. The van der Waals surface area contributed by atoms with Gasteiger partial charge in [-0.3, -0.25) is 0 Å². The number of aryl methyl sites for hydroxylation is 1. The summed E-state index contributed by atoms with van der Waals surface area (Å²) in [7, 11) is 0. The molecule has 2 N–H and O–H groups in total. The highest BCUT2D eigenvalue weighted by Crippen LogP contribution is 2.22. The van der Waals surface area contributed by atoms with E-state index in [9.17, 15) is 0 Å². The summed E-state index contributed by atoms with van der Waals surface area (Å²) in [5, 5.41) is 0. The minimum atomic E-state index is 0.421. The third kappa shape index (κ3) is 3.58. The first-order chi connectivity index (χ1) is 8.29. The van der Waals surface area contributed by atoms with E-state index in [1.165, 1.54) is 38.5 Å². The van der Waals surface area contributed by atoms with Gasteiger partial charge in [0.05, 0.1) is 6.10 Å². The molecule has 1 saturated carbocycles. The number of nitrogens with two attached hydrogens (primary N) is 1. The van der Waals surface area contributed by atoms with E-state index in [1.54, 1.807) is 0 Å². The van der Waals surface area contributed by atoms with Crippen LogP contribution in [0.2, 0.25) is 0 Å². The second kappa shape index (κ2) is 6.22. The topological polar surface area (TPSA) is 48.4 Å². The van der Waals surface area contributed by atoms with Crippen LogP contribution < -0.4 is 5.73 Å². The fourth-order valence-electron chi connectivity index (χ4n) is 2.47. The first-order valence-electron chi connectivity index (χ1n) is 6.69. The number of hydrogen-bond acceptors (Lipinski definition) is 3. The van der Waals surface area contributed by atoms with Crippen molar-refractivity contribution in [1.29, 1.82) is 0 Å². The molecule has 1 fully saturated rings. The Morgan fingerprint density at radius 2 is 2.00 bits per heavy atom. The molecule has 2 rings (SSSR count). The predicted molar refractivity (Wildman–Crippen MR) is 67.6 cm³/mol. The maximum atomic E-state index is 5.93. The fraction of sp³-hybridized carbons (Fsp3) is 0.714. The number of rotatable bonds is 4. The maximum absolute atomic E-state index is 5.93. The van der Waals surface area contributed by atoms with E-state index in [2.05, 4.69) is 0 Å². The molecular formula is C14H23NO2. The van der Waals surface area contributed by atoms with Crippen molar-refractivity contribution in [3.8, 4) is 0 Å². The van der Waals surface area contributed by atoms with Gasteiger partial charge in [-0.1, -0.05) is 25.7 Å². The van der Waals surface area contributed by atoms with Gasteiger partial charge < -0.3 is 14.9 Å². The van der Waals surface area contributed by atoms with Gasteiger partial charge in [-0.15, -0.1) is 0 Å². The maximum Gasteiger partial charge on any atom is 0.130 e. The highest BCUT2D eigenvalue weighted by Gasteiger charge is 2.14. The van der Waals surface area contributed by atoms with Crippen LogP contribution in [0, 0.1) is 6.92 Å². The molecule has 3 heteroatoms. The SMILES string of the molecule is Cc1oc(COC2CCCCCC2)cc1CN.